The molecule has 0 saturated carbocycles. The smallest absolute Gasteiger partial charge is 0.332 e. The van der Waals surface area contributed by atoms with Crippen LogP contribution in [-0.4, -0.2) is 35.4 Å². The van der Waals surface area contributed by atoms with Gasteiger partial charge in [-0.3, -0.25) is 20.4 Å². The third kappa shape index (κ3) is 14.1. The zero-order valence-corrected chi connectivity index (χ0v) is 24.8. The molecule has 0 saturated heterocycles. The number of nitrogens with one attached hydrogen (secondary N) is 6. The summed E-state index contributed by atoms with van der Waals surface area (Å²) in [6.07, 6.45) is 6.55. The lowest BCUT2D eigenvalue weighted by atomic mass is 10.1. The summed E-state index contributed by atoms with van der Waals surface area (Å²) in [7, 11) is 0. The molecule has 0 bridgehead atoms. The molecular formula is C31H42N6O6. The van der Waals surface area contributed by atoms with Gasteiger partial charge in [0.05, 0.1) is 0 Å². The number of benzene rings is 2. The van der Waals surface area contributed by atoms with Crippen molar-refractivity contribution < 1.29 is 28.9 Å². The molecule has 0 aliphatic heterocycles. The van der Waals surface area contributed by atoms with Crippen molar-refractivity contribution in [3.8, 4) is 0 Å². The maximum atomic E-state index is 12.3. The van der Waals surface area contributed by atoms with Crippen LogP contribution in [0.2, 0.25) is 0 Å². The van der Waals surface area contributed by atoms with E-state index in [4.69, 9.17) is 20.5 Å². The van der Waals surface area contributed by atoms with E-state index in [0.717, 1.165) is 38.5 Å². The topological polar surface area (TPSA) is 183 Å². The van der Waals surface area contributed by atoms with Crippen LogP contribution in [0.3, 0.4) is 0 Å². The van der Waals surface area contributed by atoms with E-state index in [1.165, 1.54) is 0 Å². The third-order valence-electron chi connectivity index (χ3n) is 6.23. The first-order valence-corrected chi connectivity index (χ1v) is 14.6. The lowest BCUT2D eigenvalue weighted by molar-refractivity contribution is -0.148. The predicted octanol–water partition coefficient (Wildman–Crippen LogP) is 5.34. The highest BCUT2D eigenvalue weighted by Gasteiger charge is 2.10. The van der Waals surface area contributed by atoms with Crippen LogP contribution in [0.4, 0.5) is 11.4 Å². The Morgan fingerprint density at radius 2 is 0.930 bits per heavy atom. The van der Waals surface area contributed by atoms with E-state index < -0.39 is 11.9 Å². The van der Waals surface area contributed by atoms with E-state index in [1.54, 1.807) is 48.5 Å². The first kappa shape index (κ1) is 34.5. The zero-order valence-electron chi connectivity index (χ0n) is 24.8. The quantitative estimate of drug-likeness (QED) is 0.0651. The van der Waals surface area contributed by atoms with Crippen LogP contribution in [0.1, 0.15) is 95.6 Å². The van der Waals surface area contributed by atoms with Gasteiger partial charge in [0.1, 0.15) is 0 Å². The number of carbonyl (C=O) groups is 4. The number of anilines is 2. The number of carbonyl (C=O) groups excluding carboxylic acids is 4. The van der Waals surface area contributed by atoms with Crippen molar-refractivity contribution in [1.29, 1.82) is 10.8 Å². The molecule has 2 aromatic rings. The van der Waals surface area contributed by atoms with Gasteiger partial charge in [-0.05, 0) is 67.8 Å². The molecular weight excluding hydrogens is 552 g/mol. The molecule has 0 unspecified atom stereocenters. The fourth-order valence-electron chi connectivity index (χ4n) is 3.77. The van der Waals surface area contributed by atoms with Gasteiger partial charge in [0.15, 0.2) is 11.7 Å². The molecule has 0 aromatic heterocycles. The minimum Gasteiger partial charge on any atom is -0.342 e. The Morgan fingerprint density at radius 3 is 1.28 bits per heavy atom. The maximum Gasteiger partial charge on any atom is 0.332 e. The number of amidine groups is 2. The second-order valence-corrected chi connectivity index (χ2v) is 9.92. The molecule has 2 rings (SSSR count). The first-order chi connectivity index (χ1) is 20.7. The summed E-state index contributed by atoms with van der Waals surface area (Å²) in [6, 6.07) is 13.0. The molecule has 2 amide bonds. The molecule has 0 radical (unpaired) electrons. The first-order valence-electron chi connectivity index (χ1n) is 14.6. The third-order valence-corrected chi connectivity index (χ3v) is 6.23. The van der Waals surface area contributed by atoms with Gasteiger partial charge in [-0.2, -0.15) is 0 Å². The van der Waals surface area contributed by atoms with Gasteiger partial charge in [-0.15, -0.1) is 0 Å². The van der Waals surface area contributed by atoms with Crippen LogP contribution in [0.5, 0.6) is 0 Å². The van der Waals surface area contributed by atoms with Crippen molar-refractivity contribution in [1.82, 2.24) is 11.0 Å². The highest BCUT2D eigenvalue weighted by molar-refractivity contribution is 5.98. The van der Waals surface area contributed by atoms with E-state index in [2.05, 4.69) is 21.6 Å². The van der Waals surface area contributed by atoms with Crippen molar-refractivity contribution in [2.24, 2.45) is 0 Å². The number of unbranched alkanes of at least 4 members (excludes halogenated alkanes) is 4. The summed E-state index contributed by atoms with van der Waals surface area (Å²) in [4.78, 5) is 57.8. The Labute approximate surface area is 252 Å². The number of hydrogen-bond acceptors (Lipinski definition) is 8. The molecule has 43 heavy (non-hydrogen) atoms. The van der Waals surface area contributed by atoms with Gasteiger partial charge < -0.3 is 20.3 Å². The Kier molecular flexibility index (Phi) is 15.5. The minimum absolute atomic E-state index is 0.0732. The number of rotatable bonds is 16. The van der Waals surface area contributed by atoms with Crippen molar-refractivity contribution in [3.05, 3.63) is 59.7 Å². The van der Waals surface area contributed by atoms with Gasteiger partial charge >= 0.3 is 11.9 Å². The number of hydrogen-bond donors (Lipinski definition) is 6. The lowest BCUT2D eigenvalue weighted by Gasteiger charge is -2.10. The van der Waals surface area contributed by atoms with Crippen LogP contribution in [0.25, 0.3) is 0 Å². The summed E-state index contributed by atoms with van der Waals surface area (Å²) >= 11 is 0. The zero-order chi connectivity index (χ0) is 31.5. The van der Waals surface area contributed by atoms with E-state index in [9.17, 15) is 19.2 Å². The van der Waals surface area contributed by atoms with Crippen molar-refractivity contribution >= 4 is 46.8 Å². The second-order valence-electron chi connectivity index (χ2n) is 9.92. The second kappa shape index (κ2) is 19.4. The highest BCUT2D eigenvalue weighted by atomic mass is 16.7. The van der Waals surface area contributed by atoms with Gasteiger partial charge in [0, 0.05) is 48.2 Å². The van der Waals surface area contributed by atoms with Crippen LogP contribution in [-0.2, 0) is 28.9 Å². The van der Waals surface area contributed by atoms with Crippen LogP contribution >= 0.6 is 0 Å². The highest BCUT2D eigenvalue weighted by Crippen LogP contribution is 2.13. The normalized spacial score (nSPS) is 10.3. The van der Waals surface area contributed by atoms with Gasteiger partial charge in [0.2, 0.25) is 11.8 Å². The summed E-state index contributed by atoms with van der Waals surface area (Å²) in [5, 5.41) is 21.5. The summed E-state index contributed by atoms with van der Waals surface area (Å²) in [5.41, 5.74) is 6.73. The van der Waals surface area contributed by atoms with E-state index in [0.29, 0.717) is 41.8 Å². The fraction of sp³-hybridized carbons (Fsp3) is 0.419. The Balaban J connectivity index is 1.66. The van der Waals surface area contributed by atoms with Crippen molar-refractivity contribution in [2.75, 3.05) is 10.6 Å². The molecule has 0 aliphatic rings. The van der Waals surface area contributed by atoms with Crippen molar-refractivity contribution in [2.45, 2.75) is 84.5 Å². The summed E-state index contributed by atoms with van der Waals surface area (Å²) in [6.45, 7) is 4.09. The average molecular weight is 595 g/mol. The van der Waals surface area contributed by atoms with Crippen LogP contribution < -0.4 is 21.6 Å². The van der Waals surface area contributed by atoms with Crippen LogP contribution in [0, 0.1) is 10.8 Å². The van der Waals surface area contributed by atoms with E-state index in [-0.39, 0.29) is 36.3 Å². The molecule has 0 aliphatic carbocycles. The Hall–Kier alpha value is -4.74. The maximum absolute atomic E-state index is 12.3. The lowest BCUT2D eigenvalue weighted by Crippen LogP contribution is -2.27. The fourth-order valence-corrected chi connectivity index (χ4v) is 3.77. The number of amides is 2. The average Bonchev–Trinajstić information content (AvgIpc) is 2.99. The van der Waals surface area contributed by atoms with Gasteiger partial charge in [0.25, 0.3) is 0 Å². The monoisotopic (exact) mass is 594 g/mol. The molecule has 6 N–H and O–H groups in total. The molecule has 0 fully saturated rings. The van der Waals surface area contributed by atoms with Crippen molar-refractivity contribution in [3.63, 3.8) is 0 Å². The Bertz CT molecular complexity index is 1130. The molecule has 2 aromatic carbocycles. The molecule has 0 spiro atoms. The van der Waals surface area contributed by atoms with Gasteiger partial charge in [-0.25, -0.2) is 20.5 Å². The summed E-state index contributed by atoms with van der Waals surface area (Å²) in [5.74, 6) is -1.49. The predicted molar refractivity (Wildman–Crippen MR) is 164 cm³/mol. The molecule has 12 nitrogen and oxygen atoms in total. The summed E-state index contributed by atoms with van der Waals surface area (Å²) < 4.78 is 0. The standard InChI is InChI=1S/C31H42N6O6/c1-3-5-7-12-28(40)42-36-30(32)22-14-18-24(19-15-22)34-26(38)10-9-11-27(39)35-25-20-16-23(17-21-25)31(33)37-43-29(41)13-8-6-4-2/h14-21H,3-13H2,1-2H3,(H2,32,36)(H2,33,37)(H,34,38)(H,35,39). The molecule has 232 valence electrons. The van der Waals surface area contributed by atoms with E-state index in [1.807, 2.05) is 13.8 Å². The Morgan fingerprint density at radius 1 is 0.558 bits per heavy atom. The minimum atomic E-state index is -0.420. The van der Waals surface area contributed by atoms with Gasteiger partial charge in [-0.1, -0.05) is 39.5 Å². The number of hydroxylamine groups is 2. The largest absolute Gasteiger partial charge is 0.342 e. The van der Waals surface area contributed by atoms with Crippen LogP contribution in [0.15, 0.2) is 48.5 Å². The molecule has 0 heterocycles. The molecule has 0 atom stereocenters. The van der Waals surface area contributed by atoms with E-state index >= 15 is 0 Å². The molecule has 12 heteroatoms. The SMILES string of the molecule is CCCCCC(=O)ONC(=N)c1ccc(NC(=O)CCCC(=O)Nc2ccc(C(=N)NOC(=O)CCCCC)cc2)cc1.